The monoisotopic (exact) mass is 326 g/mol. The number of nitro groups is 1. The second-order valence-corrected chi connectivity index (χ2v) is 4.71. The molecule has 0 amide bonds. The van der Waals surface area contributed by atoms with E-state index in [1.165, 1.54) is 18.5 Å². The molecular weight excluding hydrogens is 315 g/mol. The Hall–Kier alpha value is -3.55. The van der Waals surface area contributed by atoms with Gasteiger partial charge in [0.25, 0.3) is 5.69 Å². The Morgan fingerprint density at radius 3 is 2.58 bits per heavy atom. The van der Waals surface area contributed by atoms with Crippen LogP contribution in [-0.2, 0) is 0 Å². The quantitative estimate of drug-likeness (QED) is 0.561. The number of non-ortho nitro benzene ring substituents is 1. The lowest BCUT2D eigenvalue weighted by Gasteiger charge is -2.08. The Morgan fingerprint density at radius 1 is 1.08 bits per heavy atom. The van der Waals surface area contributed by atoms with Crippen molar-refractivity contribution in [1.82, 2.24) is 9.97 Å². The predicted molar refractivity (Wildman–Crippen MR) is 84.9 cm³/mol. The second kappa shape index (κ2) is 6.69. The van der Waals surface area contributed by atoms with E-state index >= 15 is 0 Å². The van der Waals surface area contributed by atoms with Crippen molar-refractivity contribution < 1.29 is 14.1 Å². The molecule has 1 aromatic heterocycles. The van der Waals surface area contributed by atoms with Crippen LogP contribution in [0.4, 0.5) is 21.6 Å². The predicted octanol–water partition coefficient (Wildman–Crippen LogP) is 4.06. The number of hydrogen-bond donors (Lipinski definition) is 1. The third-order valence-corrected chi connectivity index (χ3v) is 3.03. The van der Waals surface area contributed by atoms with Gasteiger partial charge in [0.1, 0.15) is 12.1 Å². The fourth-order valence-electron chi connectivity index (χ4n) is 1.93. The molecule has 0 spiro atoms. The Kier molecular flexibility index (Phi) is 4.28. The molecule has 3 aromatic rings. The number of benzene rings is 2. The van der Waals surface area contributed by atoms with Crippen LogP contribution in [0.15, 0.2) is 60.9 Å². The first-order chi connectivity index (χ1) is 11.6. The molecule has 1 N–H and O–H groups in total. The van der Waals surface area contributed by atoms with Gasteiger partial charge in [0.15, 0.2) is 11.6 Å². The summed E-state index contributed by atoms with van der Waals surface area (Å²) >= 11 is 0. The van der Waals surface area contributed by atoms with Crippen LogP contribution in [0, 0.1) is 15.9 Å². The van der Waals surface area contributed by atoms with Crippen LogP contribution in [0.25, 0.3) is 0 Å². The van der Waals surface area contributed by atoms with Gasteiger partial charge in [-0.1, -0.05) is 18.2 Å². The van der Waals surface area contributed by atoms with Crippen LogP contribution >= 0.6 is 0 Å². The van der Waals surface area contributed by atoms with Crippen molar-refractivity contribution >= 4 is 17.2 Å². The van der Waals surface area contributed by atoms with Crippen molar-refractivity contribution in [3.8, 4) is 11.6 Å². The van der Waals surface area contributed by atoms with Crippen LogP contribution in [-0.4, -0.2) is 14.9 Å². The minimum atomic E-state index is -0.847. The van der Waals surface area contributed by atoms with E-state index in [1.54, 1.807) is 0 Å². The molecular formula is C16H11FN4O3. The number of para-hydroxylation sites is 1. The molecule has 0 saturated heterocycles. The highest BCUT2D eigenvalue weighted by atomic mass is 19.1. The van der Waals surface area contributed by atoms with E-state index in [2.05, 4.69) is 15.3 Å². The zero-order valence-electron chi connectivity index (χ0n) is 12.2. The topological polar surface area (TPSA) is 90.2 Å². The fourth-order valence-corrected chi connectivity index (χ4v) is 1.93. The van der Waals surface area contributed by atoms with Gasteiger partial charge in [0.2, 0.25) is 5.88 Å². The molecule has 0 aliphatic heterocycles. The summed E-state index contributed by atoms with van der Waals surface area (Å²) in [6, 6.07) is 14.0. The van der Waals surface area contributed by atoms with Gasteiger partial charge >= 0.3 is 0 Å². The molecule has 0 atom stereocenters. The Balaban J connectivity index is 1.78. The van der Waals surface area contributed by atoms with Crippen LogP contribution in [0.1, 0.15) is 0 Å². The van der Waals surface area contributed by atoms with E-state index in [4.69, 9.17) is 4.74 Å². The molecule has 24 heavy (non-hydrogen) atoms. The van der Waals surface area contributed by atoms with Crippen molar-refractivity contribution in [2.75, 3.05) is 5.32 Å². The summed E-state index contributed by atoms with van der Waals surface area (Å²) in [4.78, 5) is 17.9. The molecule has 0 saturated carbocycles. The molecule has 0 radical (unpaired) electrons. The molecule has 1 heterocycles. The van der Waals surface area contributed by atoms with Crippen LogP contribution in [0.3, 0.4) is 0 Å². The van der Waals surface area contributed by atoms with Crippen molar-refractivity contribution in [1.29, 1.82) is 0 Å². The van der Waals surface area contributed by atoms with E-state index in [0.717, 1.165) is 17.8 Å². The standard InChI is InChI=1S/C16H11FN4O3/c17-13-8-12(21(22)23)6-7-14(13)24-16-9-15(18-10-19-16)20-11-4-2-1-3-5-11/h1-10H,(H,18,19,20). The molecule has 2 aromatic carbocycles. The van der Waals surface area contributed by atoms with E-state index in [-0.39, 0.29) is 17.3 Å². The average molecular weight is 326 g/mol. The molecule has 0 aliphatic rings. The second-order valence-electron chi connectivity index (χ2n) is 4.71. The van der Waals surface area contributed by atoms with Crippen molar-refractivity contribution in [3.05, 3.63) is 76.9 Å². The number of hydrogen-bond acceptors (Lipinski definition) is 6. The van der Waals surface area contributed by atoms with Gasteiger partial charge in [0.05, 0.1) is 11.0 Å². The highest BCUT2D eigenvalue weighted by molar-refractivity contribution is 5.56. The number of rotatable bonds is 5. The first-order valence-corrected chi connectivity index (χ1v) is 6.88. The highest BCUT2D eigenvalue weighted by Gasteiger charge is 2.13. The van der Waals surface area contributed by atoms with E-state index < -0.39 is 10.7 Å². The number of anilines is 2. The maximum atomic E-state index is 13.9. The molecule has 8 heteroatoms. The van der Waals surface area contributed by atoms with E-state index in [0.29, 0.717) is 5.82 Å². The highest BCUT2D eigenvalue weighted by Crippen LogP contribution is 2.27. The molecule has 120 valence electrons. The summed E-state index contributed by atoms with van der Waals surface area (Å²) in [5.41, 5.74) is 0.470. The number of nitrogens with zero attached hydrogens (tertiary/aromatic N) is 3. The SMILES string of the molecule is O=[N+]([O-])c1ccc(Oc2cc(Nc3ccccc3)ncn2)c(F)c1. The summed E-state index contributed by atoms with van der Waals surface area (Å²) in [7, 11) is 0. The van der Waals surface area contributed by atoms with Gasteiger partial charge in [-0.25, -0.2) is 14.4 Å². The van der Waals surface area contributed by atoms with Crippen LogP contribution in [0.2, 0.25) is 0 Å². The van der Waals surface area contributed by atoms with Gasteiger partial charge in [-0.2, -0.15) is 0 Å². The first-order valence-electron chi connectivity index (χ1n) is 6.88. The third-order valence-electron chi connectivity index (χ3n) is 3.03. The molecule has 0 unspecified atom stereocenters. The lowest BCUT2D eigenvalue weighted by atomic mass is 10.3. The Morgan fingerprint density at radius 2 is 1.88 bits per heavy atom. The summed E-state index contributed by atoms with van der Waals surface area (Å²) in [5.74, 6) is -0.435. The zero-order chi connectivity index (χ0) is 16.9. The number of nitrogens with one attached hydrogen (secondary N) is 1. The van der Waals surface area contributed by atoms with Gasteiger partial charge in [-0.15, -0.1) is 0 Å². The molecule has 0 aliphatic carbocycles. The summed E-state index contributed by atoms with van der Waals surface area (Å²) < 4.78 is 19.2. The normalized spacial score (nSPS) is 10.2. The summed E-state index contributed by atoms with van der Waals surface area (Å²) in [5, 5.41) is 13.7. The number of nitro benzene ring substituents is 1. The smallest absolute Gasteiger partial charge is 0.272 e. The molecule has 7 nitrogen and oxygen atoms in total. The van der Waals surface area contributed by atoms with Crippen molar-refractivity contribution in [3.63, 3.8) is 0 Å². The van der Waals surface area contributed by atoms with Crippen LogP contribution < -0.4 is 10.1 Å². The van der Waals surface area contributed by atoms with Gasteiger partial charge < -0.3 is 10.1 Å². The summed E-state index contributed by atoms with van der Waals surface area (Å²) in [6.07, 6.45) is 1.27. The number of aromatic nitrogens is 2. The molecule has 0 fully saturated rings. The van der Waals surface area contributed by atoms with Crippen LogP contribution in [0.5, 0.6) is 11.6 Å². The first kappa shape index (κ1) is 15.3. The maximum Gasteiger partial charge on any atom is 0.272 e. The fraction of sp³-hybridized carbons (Fsp3) is 0. The van der Waals surface area contributed by atoms with Gasteiger partial charge in [0, 0.05) is 17.8 Å². The molecule has 3 rings (SSSR count). The van der Waals surface area contributed by atoms with Gasteiger partial charge in [-0.3, -0.25) is 10.1 Å². The minimum Gasteiger partial charge on any atom is -0.436 e. The van der Waals surface area contributed by atoms with Gasteiger partial charge in [-0.05, 0) is 18.2 Å². The number of halogens is 1. The minimum absolute atomic E-state index is 0.108. The van der Waals surface area contributed by atoms with E-state index in [9.17, 15) is 14.5 Å². The Labute approximate surface area is 135 Å². The lowest BCUT2D eigenvalue weighted by molar-refractivity contribution is -0.385. The lowest BCUT2D eigenvalue weighted by Crippen LogP contribution is -1.97. The van der Waals surface area contributed by atoms with E-state index in [1.807, 2.05) is 30.3 Å². The Bertz CT molecular complexity index is 874. The number of ether oxygens (including phenoxy) is 1. The third kappa shape index (κ3) is 3.61. The average Bonchev–Trinajstić information content (AvgIpc) is 2.58. The van der Waals surface area contributed by atoms with Crippen molar-refractivity contribution in [2.24, 2.45) is 0 Å². The zero-order valence-corrected chi connectivity index (χ0v) is 12.2. The van der Waals surface area contributed by atoms with Crippen molar-refractivity contribution in [2.45, 2.75) is 0 Å². The summed E-state index contributed by atoms with van der Waals surface area (Å²) in [6.45, 7) is 0. The molecule has 0 bridgehead atoms. The maximum absolute atomic E-state index is 13.9. The largest absolute Gasteiger partial charge is 0.436 e.